The fourth-order valence-corrected chi connectivity index (χ4v) is 3.66. The van der Waals surface area contributed by atoms with Crippen molar-refractivity contribution in [3.63, 3.8) is 0 Å². The maximum atomic E-state index is 5.64. The summed E-state index contributed by atoms with van der Waals surface area (Å²) in [5, 5.41) is 0.876. The standard InChI is InChI=1S/C13H22OS/c1-2-6-12(5-1)11-14-9-8-13-7-3-4-10-15-13/h11,13H,1-10H2. The van der Waals surface area contributed by atoms with Gasteiger partial charge in [0, 0.05) is 5.25 Å². The van der Waals surface area contributed by atoms with Crippen LogP contribution in [0.3, 0.4) is 0 Å². The van der Waals surface area contributed by atoms with Gasteiger partial charge in [-0.2, -0.15) is 11.8 Å². The molecule has 1 heterocycles. The number of thioether (sulfide) groups is 1. The van der Waals surface area contributed by atoms with Crippen molar-refractivity contribution in [3.8, 4) is 0 Å². The minimum atomic E-state index is 0.876. The number of ether oxygens (including phenoxy) is 1. The van der Waals surface area contributed by atoms with E-state index in [1.54, 1.807) is 0 Å². The second-order valence-electron chi connectivity index (χ2n) is 4.63. The lowest BCUT2D eigenvalue weighted by molar-refractivity contribution is 0.238. The molecule has 1 unspecified atom stereocenters. The average molecular weight is 226 g/mol. The Morgan fingerprint density at radius 2 is 2.07 bits per heavy atom. The Labute approximate surface area is 97.7 Å². The molecule has 1 atom stereocenters. The third-order valence-corrected chi connectivity index (χ3v) is 4.79. The minimum absolute atomic E-state index is 0.876. The van der Waals surface area contributed by atoms with Crippen molar-refractivity contribution in [2.24, 2.45) is 0 Å². The molecular formula is C13H22OS. The van der Waals surface area contributed by atoms with E-state index in [0.717, 1.165) is 11.9 Å². The molecule has 1 aliphatic carbocycles. The molecule has 1 nitrogen and oxygen atoms in total. The zero-order chi connectivity index (χ0) is 10.3. The van der Waals surface area contributed by atoms with Crippen molar-refractivity contribution in [3.05, 3.63) is 11.8 Å². The zero-order valence-electron chi connectivity index (χ0n) is 9.54. The van der Waals surface area contributed by atoms with Gasteiger partial charge in [-0.05, 0) is 56.3 Å². The summed E-state index contributed by atoms with van der Waals surface area (Å²) in [6.07, 6.45) is 12.8. The van der Waals surface area contributed by atoms with E-state index in [-0.39, 0.29) is 0 Å². The molecule has 15 heavy (non-hydrogen) atoms. The second kappa shape index (κ2) is 6.47. The third kappa shape index (κ3) is 4.10. The molecule has 0 amide bonds. The van der Waals surface area contributed by atoms with E-state index in [0.29, 0.717) is 0 Å². The average Bonchev–Trinajstić information content (AvgIpc) is 2.79. The summed E-state index contributed by atoms with van der Waals surface area (Å²) in [7, 11) is 0. The van der Waals surface area contributed by atoms with E-state index < -0.39 is 0 Å². The van der Waals surface area contributed by atoms with Crippen molar-refractivity contribution >= 4 is 11.8 Å². The van der Waals surface area contributed by atoms with Crippen molar-refractivity contribution in [2.75, 3.05) is 12.4 Å². The first-order chi connectivity index (χ1) is 7.45. The molecule has 86 valence electrons. The molecule has 2 fully saturated rings. The number of allylic oxidation sites excluding steroid dienone is 1. The lowest BCUT2D eigenvalue weighted by Crippen LogP contribution is -2.11. The highest BCUT2D eigenvalue weighted by atomic mass is 32.2. The Bertz CT molecular complexity index is 199. The molecule has 0 bridgehead atoms. The number of hydrogen-bond donors (Lipinski definition) is 0. The topological polar surface area (TPSA) is 9.23 Å². The molecule has 2 heteroatoms. The van der Waals surface area contributed by atoms with Gasteiger partial charge in [-0.1, -0.05) is 6.42 Å². The van der Waals surface area contributed by atoms with Gasteiger partial charge in [-0.25, -0.2) is 0 Å². The Morgan fingerprint density at radius 1 is 1.20 bits per heavy atom. The van der Waals surface area contributed by atoms with Gasteiger partial charge in [0.05, 0.1) is 12.9 Å². The highest BCUT2D eigenvalue weighted by molar-refractivity contribution is 7.99. The molecule has 0 aromatic carbocycles. The van der Waals surface area contributed by atoms with E-state index in [2.05, 4.69) is 11.8 Å². The maximum absolute atomic E-state index is 5.64. The Morgan fingerprint density at radius 3 is 2.80 bits per heavy atom. The van der Waals surface area contributed by atoms with Crippen LogP contribution in [0.5, 0.6) is 0 Å². The fraction of sp³-hybridized carbons (Fsp3) is 0.846. The van der Waals surface area contributed by atoms with Gasteiger partial charge in [0.1, 0.15) is 0 Å². The molecule has 0 spiro atoms. The predicted molar refractivity (Wildman–Crippen MR) is 67.2 cm³/mol. The molecular weight excluding hydrogens is 204 g/mol. The summed E-state index contributed by atoms with van der Waals surface area (Å²) in [5.74, 6) is 1.37. The van der Waals surface area contributed by atoms with Crippen molar-refractivity contribution < 1.29 is 4.74 Å². The van der Waals surface area contributed by atoms with Crippen LogP contribution >= 0.6 is 11.8 Å². The van der Waals surface area contributed by atoms with Crippen LogP contribution in [0.4, 0.5) is 0 Å². The van der Waals surface area contributed by atoms with Crippen molar-refractivity contribution in [2.45, 2.75) is 56.6 Å². The van der Waals surface area contributed by atoms with Gasteiger partial charge < -0.3 is 4.74 Å². The quantitative estimate of drug-likeness (QED) is 0.526. The lowest BCUT2D eigenvalue weighted by atomic mass is 10.1. The van der Waals surface area contributed by atoms with Gasteiger partial charge in [-0.3, -0.25) is 0 Å². The Hall–Kier alpha value is -0.110. The number of rotatable bonds is 4. The predicted octanol–water partition coefficient (Wildman–Crippen LogP) is 4.14. The van der Waals surface area contributed by atoms with Gasteiger partial charge >= 0.3 is 0 Å². The molecule has 0 N–H and O–H groups in total. The van der Waals surface area contributed by atoms with Gasteiger partial charge in [0.2, 0.25) is 0 Å². The molecule has 1 saturated heterocycles. The zero-order valence-corrected chi connectivity index (χ0v) is 10.4. The Kier molecular flexibility index (Phi) is 4.91. The third-order valence-electron chi connectivity index (χ3n) is 3.33. The van der Waals surface area contributed by atoms with Crippen LogP contribution in [0.2, 0.25) is 0 Å². The highest BCUT2D eigenvalue weighted by Crippen LogP contribution is 2.27. The van der Waals surface area contributed by atoms with E-state index in [9.17, 15) is 0 Å². The van der Waals surface area contributed by atoms with Gasteiger partial charge in [0.15, 0.2) is 0 Å². The van der Waals surface area contributed by atoms with E-state index in [1.165, 1.54) is 62.7 Å². The summed E-state index contributed by atoms with van der Waals surface area (Å²) in [5.41, 5.74) is 1.53. The van der Waals surface area contributed by atoms with Gasteiger partial charge in [0.25, 0.3) is 0 Å². The molecule has 2 rings (SSSR count). The monoisotopic (exact) mass is 226 g/mol. The molecule has 0 radical (unpaired) electrons. The van der Waals surface area contributed by atoms with Gasteiger partial charge in [-0.15, -0.1) is 0 Å². The highest BCUT2D eigenvalue weighted by Gasteiger charge is 2.13. The first-order valence-electron chi connectivity index (χ1n) is 6.36. The fourth-order valence-electron chi connectivity index (χ4n) is 2.36. The van der Waals surface area contributed by atoms with E-state index in [1.807, 2.05) is 6.26 Å². The normalized spacial score (nSPS) is 26.7. The van der Waals surface area contributed by atoms with E-state index >= 15 is 0 Å². The summed E-state index contributed by atoms with van der Waals surface area (Å²) < 4.78 is 5.64. The summed E-state index contributed by atoms with van der Waals surface area (Å²) >= 11 is 2.15. The van der Waals surface area contributed by atoms with Crippen LogP contribution < -0.4 is 0 Å². The van der Waals surface area contributed by atoms with E-state index in [4.69, 9.17) is 4.74 Å². The van der Waals surface area contributed by atoms with Crippen LogP contribution in [-0.2, 0) is 4.74 Å². The minimum Gasteiger partial charge on any atom is -0.501 e. The molecule has 2 aliphatic rings. The van der Waals surface area contributed by atoms with Crippen molar-refractivity contribution in [1.29, 1.82) is 0 Å². The molecule has 1 aliphatic heterocycles. The molecule has 1 saturated carbocycles. The maximum Gasteiger partial charge on any atom is 0.0883 e. The van der Waals surface area contributed by atoms with Crippen LogP contribution in [0, 0.1) is 0 Å². The molecule has 0 aromatic rings. The number of hydrogen-bond acceptors (Lipinski definition) is 2. The van der Waals surface area contributed by atoms with Crippen LogP contribution in [-0.4, -0.2) is 17.6 Å². The Balaban J connectivity index is 1.55. The first-order valence-corrected chi connectivity index (χ1v) is 7.41. The molecule has 0 aromatic heterocycles. The SMILES string of the molecule is C(OCCC1CCCCS1)=C1CCCC1. The second-order valence-corrected chi connectivity index (χ2v) is 6.04. The van der Waals surface area contributed by atoms with Crippen LogP contribution in [0.15, 0.2) is 11.8 Å². The van der Waals surface area contributed by atoms with Crippen LogP contribution in [0.25, 0.3) is 0 Å². The summed E-state index contributed by atoms with van der Waals surface area (Å²) in [6.45, 7) is 0.932. The lowest BCUT2D eigenvalue weighted by Gasteiger charge is -2.20. The largest absolute Gasteiger partial charge is 0.501 e. The van der Waals surface area contributed by atoms with Crippen molar-refractivity contribution in [1.82, 2.24) is 0 Å². The smallest absolute Gasteiger partial charge is 0.0883 e. The first kappa shape index (κ1) is 11.4. The summed E-state index contributed by atoms with van der Waals surface area (Å²) in [4.78, 5) is 0. The van der Waals surface area contributed by atoms with Crippen LogP contribution in [0.1, 0.15) is 51.4 Å². The summed E-state index contributed by atoms with van der Waals surface area (Å²) in [6, 6.07) is 0.